The largest absolute Gasteiger partial charge is 0.508 e. The summed E-state index contributed by atoms with van der Waals surface area (Å²) in [4.78, 5) is 244. The standard InChI is InChI=1S/C78H125N23O23S2/c1-9-41(8)62(101-68(115)47(18-14-28-86-78(83)84)91-63(110)45(79)29-38(2)3)75(122)100-61(40(6)7)74(121)94-49(23-25-56(80)105)67(114)98-55(37-126)72(119)92-46(17-13-27-85-77(81)82)66(113)96-53(35-103)71(118)99-60(39(4)5)73(120)93-48(24-26-59(108)109)64(111)87-33-58(107)90-52(34-102)70(117)97-54(36-125)65(112)88-32-57(106)89-50(30-42-15-11-10-12-16-42)69(116)95-51(76(123)124)31-43-19-21-44(104)22-20-43/h10-12,15-16,19-22,38-41,45-55,60-62,102-104,125-126H,9,13-14,17-18,23-37,79H2,1-8H3,(H2,80,105)(H,87,111)(H,88,112)(H,89,106)(H,90,107)(H,91,110)(H,92,119)(H,93,120)(H,94,121)(H,95,116)(H,96,113)(H,97,117)(H,98,114)(H,99,118)(H,100,122)(H,101,115)(H,108,109)(H,123,124)(H4,81,82,85)(H4,83,84,86)/t41-,45-,46-,47-,48-,49-,50-,51-,52-,53-,54?,55-,60-,61-,62?/m0/s1. The number of benzene rings is 2. The smallest absolute Gasteiger partial charge is 0.326 e. The number of carbonyl (C=O) groups is 18. The fourth-order valence-corrected chi connectivity index (χ4v) is 12.5. The van der Waals surface area contributed by atoms with E-state index in [0.717, 1.165) is 0 Å². The van der Waals surface area contributed by atoms with E-state index in [1.165, 1.54) is 38.1 Å². The average Bonchev–Trinajstić information content (AvgIpc) is 0.833. The fourth-order valence-electron chi connectivity index (χ4n) is 12.0. The molecule has 0 aliphatic rings. The molecule has 16 amide bonds. The fraction of sp³-hybridized carbons (Fsp3) is 0.590. The van der Waals surface area contributed by atoms with Gasteiger partial charge >= 0.3 is 11.9 Å². The lowest BCUT2D eigenvalue weighted by Gasteiger charge is -2.30. The molecule has 0 aliphatic heterocycles. The van der Waals surface area contributed by atoms with Crippen LogP contribution in [0, 0.1) is 34.5 Å². The third kappa shape index (κ3) is 41.5. The van der Waals surface area contributed by atoms with Gasteiger partial charge in [-0.2, -0.15) is 25.3 Å². The molecule has 0 heterocycles. The molecule has 0 bridgehead atoms. The van der Waals surface area contributed by atoms with Crippen molar-refractivity contribution in [3.05, 3.63) is 65.7 Å². The van der Waals surface area contributed by atoms with Gasteiger partial charge in [-0.05, 0) is 91.9 Å². The van der Waals surface area contributed by atoms with Gasteiger partial charge in [0.25, 0.3) is 0 Å². The molecule has 2 unspecified atom stereocenters. The maximum absolute atomic E-state index is 14.3. The Morgan fingerprint density at radius 3 is 1.20 bits per heavy atom. The molecule has 126 heavy (non-hydrogen) atoms. The van der Waals surface area contributed by atoms with Crippen LogP contribution < -0.4 is 113 Å². The van der Waals surface area contributed by atoms with Gasteiger partial charge in [0, 0.05) is 50.3 Å². The molecule has 0 saturated heterocycles. The summed E-state index contributed by atoms with van der Waals surface area (Å²) >= 11 is 8.34. The quantitative estimate of drug-likeness (QED) is 0.0127. The number of primary amides is 1. The van der Waals surface area contributed by atoms with Gasteiger partial charge in [0.05, 0.1) is 32.3 Å². The van der Waals surface area contributed by atoms with Crippen LogP contribution in [0.1, 0.15) is 131 Å². The third-order valence-electron chi connectivity index (χ3n) is 19.2. The van der Waals surface area contributed by atoms with E-state index in [2.05, 4.69) is 116 Å². The SMILES string of the molecule is CC[C@H](C)C(NC(=O)[C@H](CCCNC(=N)N)NC(=O)[C@@H](N)CC(C)C)C(=O)N[C@H](C(=O)N[C@@H](CCC(N)=O)C(=O)N[C@@H](CS)C(=O)N[C@@H](CCCNC(=N)N)C(=O)N[C@@H](CO)C(=O)N[C@H](C(=O)N[C@@H](CCC(=O)O)C(=O)NCC(=O)N[C@@H](CO)C(=O)NC(CS)C(=O)NCC(=O)N[C@@H](Cc1ccccc1)C(=O)N[C@@H](Cc1ccc(O)cc1)C(=O)O)C(C)C)C(C)C. The van der Waals surface area contributed by atoms with Gasteiger partial charge in [0.2, 0.25) is 94.5 Å². The Balaban J connectivity index is 2.29. The molecule has 2 aromatic carbocycles. The van der Waals surface area contributed by atoms with Crippen LogP contribution in [-0.2, 0) is 99.1 Å². The zero-order chi connectivity index (χ0) is 95.2. The molecule has 48 heteroatoms. The van der Waals surface area contributed by atoms with Crippen LogP contribution in [0.2, 0.25) is 0 Å². The normalized spacial score (nSPS) is 14.6. The first-order valence-corrected chi connectivity index (χ1v) is 41.9. The molecule has 0 spiro atoms. The lowest BCUT2D eigenvalue weighted by Crippen LogP contribution is -2.62. The first-order valence-electron chi connectivity index (χ1n) is 40.7. The number of nitrogens with one attached hydrogen (secondary N) is 19. The summed E-state index contributed by atoms with van der Waals surface area (Å²) in [5.74, 6) is -23.2. The number of phenolic OH excluding ortho intramolecular Hbond substituents is 1. The second kappa shape index (κ2) is 57.4. The van der Waals surface area contributed by atoms with Gasteiger partial charge in [-0.1, -0.05) is 104 Å². The molecule has 0 fully saturated rings. The zero-order valence-corrected chi connectivity index (χ0v) is 73.3. The Labute approximate surface area is 739 Å². The lowest BCUT2D eigenvalue weighted by molar-refractivity contribution is -0.142. The van der Waals surface area contributed by atoms with Crippen molar-refractivity contribution >= 4 is 144 Å². The van der Waals surface area contributed by atoms with Crippen molar-refractivity contribution in [2.24, 2.45) is 46.6 Å². The minimum absolute atomic E-state index is 0.0166. The number of carboxylic acids is 2. The molecule has 0 aromatic heterocycles. The number of hydrogen-bond acceptors (Lipinski definition) is 26. The molecular weight excluding hydrogens is 1690 g/mol. The molecule has 0 saturated carbocycles. The van der Waals surface area contributed by atoms with Crippen molar-refractivity contribution in [2.75, 3.05) is 50.9 Å². The molecular formula is C78H125N23O23S2. The van der Waals surface area contributed by atoms with Crippen molar-refractivity contribution in [1.82, 2.24) is 90.4 Å². The van der Waals surface area contributed by atoms with Crippen LogP contribution >= 0.6 is 25.3 Å². The van der Waals surface area contributed by atoms with Gasteiger partial charge in [0.1, 0.15) is 84.3 Å². The zero-order valence-electron chi connectivity index (χ0n) is 71.5. The van der Waals surface area contributed by atoms with Gasteiger partial charge in [-0.15, -0.1) is 0 Å². The van der Waals surface area contributed by atoms with Gasteiger partial charge in [-0.25, -0.2) is 4.79 Å². The summed E-state index contributed by atoms with van der Waals surface area (Å²) in [5.41, 5.74) is 23.5. The van der Waals surface area contributed by atoms with Crippen molar-refractivity contribution < 1.29 is 112 Å². The number of carboxylic acid groups (broad SMARTS) is 2. The van der Waals surface area contributed by atoms with Gasteiger partial charge in [-0.3, -0.25) is 92.3 Å². The lowest BCUT2D eigenvalue weighted by atomic mass is 9.95. The highest BCUT2D eigenvalue weighted by Crippen LogP contribution is 2.17. The van der Waals surface area contributed by atoms with Crippen molar-refractivity contribution in [3.8, 4) is 5.75 Å². The van der Waals surface area contributed by atoms with Crippen LogP contribution in [0.3, 0.4) is 0 Å². The molecule has 0 radical (unpaired) electrons. The van der Waals surface area contributed by atoms with E-state index < -0.39 is 278 Å². The first kappa shape index (κ1) is 110. The van der Waals surface area contributed by atoms with E-state index in [1.54, 1.807) is 58.0 Å². The Morgan fingerprint density at radius 1 is 0.397 bits per heavy atom. The number of thiol groups is 2. The number of aliphatic hydroxyl groups excluding tert-OH is 2. The number of phenols is 1. The number of amides is 16. The summed E-state index contributed by atoms with van der Waals surface area (Å²) in [7, 11) is 0. The van der Waals surface area contributed by atoms with Crippen LogP contribution in [-0.4, -0.2) is 279 Å². The number of nitrogens with two attached hydrogens (primary N) is 4. The van der Waals surface area contributed by atoms with E-state index in [0.29, 0.717) is 17.5 Å². The topological polar surface area (TPSA) is 765 Å². The Bertz CT molecular complexity index is 4040. The van der Waals surface area contributed by atoms with Crippen LogP contribution in [0.5, 0.6) is 5.75 Å². The van der Waals surface area contributed by atoms with E-state index in [-0.39, 0.29) is 75.7 Å². The number of carbonyl (C=O) groups excluding carboxylic acids is 16. The number of aliphatic carboxylic acids is 2. The maximum Gasteiger partial charge on any atom is 0.326 e. The number of aromatic hydroxyl groups is 1. The van der Waals surface area contributed by atoms with Gasteiger partial charge < -0.3 is 139 Å². The number of hydrogen-bond donors (Lipinski definition) is 30. The molecule has 2 rings (SSSR count). The Morgan fingerprint density at radius 2 is 0.746 bits per heavy atom. The Hall–Kier alpha value is -12.2. The van der Waals surface area contributed by atoms with E-state index in [9.17, 15) is 112 Å². The maximum atomic E-state index is 14.3. The molecule has 15 atom stereocenters. The summed E-state index contributed by atoms with van der Waals surface area (Å²) < 4.78 is 0. The molecule has 32 N–H and O–H groups in total. The van der Waals surface area contributed by atoms with Crippen LogP contribution in [0.15, 0.2) is 54.6 Å². The van der Waals surface area contributed by atoms with Crippen molar-refractivity contribution in [2.45, 2.75) is 217 Å². The highest BCUT2D eigenvalue weighted by atomic mass is 32.1. The van der Waals surface area contributed by atoms with Gasteiger partial charge in [0.15, 0.2) is 11.9 Å². The summed E-state index contributed by atoms with van der Waals surface area (Å²) in [6.45, 7) is 9.01. The molecule has 0 aliphatic carbocycles. The second-order valence-corrected chi connectivity index (χ2v) is 31.5. The molecule has 2 aromatic rings. The number of aliphatic hydroxyl groups is 2. The van der Waals surface area contributed by atoms with E-state index in [4.69, 9.17) is 33.8 Å². The van der Waals surface area contributed by atoms with E-state index >= 15 is 0 Å². The van der Waals surface area contributed by atoms with Crippen molar-refractivity contribution in [3.63, 3.8) is 0 Å². The number of guanidine groups is 2. The summed E-state index contributed by atoms with van der Waals surface area (Å²) in [5, 5.41) is 106. The predicted molar refractivity (Wildman–Crippen MR) is 463 cm³/mol. The summed E-state index contributed by atoms with van der Waals surface area (Å²) in [6.07, 6.45) is -2.25. The number of rotatable bonds is 59. The second-order valence-electron chi connectivity index (χ2n) is 30.8. The molecule has 702 valence electrons. The third-order valence-corrected chi connectivity index (χ3v) is 20.0. The predicted octanol–water partition coefficient (Wildman–Crippen LogP) is -7.97. The Kier molecular flexibility index (Phi) is 50.0. The molecule has 46 nitrogen and oxygen atoms in total. The van der Waals surface area contributed by atoms with Crippen molar-refractivity contribution in [1.29, 1.82) is 10.8 Å². The summed E-state index contributed by atoms with van der Waals surface area (Å²) in [6, 6.07) is -7.75. The highest BCUT2D eigenvalue weighted by molar-refractivity contribution is 7.80. The van der Waals surface area contributed by atoms with E-state index in [1.807, 2.05) is 13.8 Å². The minimum atomic E-state index is -1.94. The highest BCUT2D eigenvalue weighted by Gasteiger charge is 2.39. The first-order chi connectivity index (χ1) is 59.3. The monoisotopic (exact) mass is 1820 g/mol. The van der Waals surface area contributed by atoms with Crippen LogP contribution in [0.25, 0.3) is 0 Å². The minimum Gasteiger partial charge on any atom is -0.508 e. The average molecular weight is 1820 g/mol. The van der Waals surface area contributed by atoms with Crippen LogP contribution in [0.4, 0.5) is 0 Å².